The van der Waals surface area contributed by atoms with Crippen molar-refractivity contribution in [3.05, 3.63) is 28.5 Å². The average molecular weight is 344 g/mol. The zero-order valence-corrected chi connectivity index (χ0v) is 14.6. The zero-order valence-electron chi connectivity index (χ0n) is 13.0. The molecule has 1 N–H and O–H groups in total. The molecule has 114 valence electrons. The van der Waals surface area contributed by atoms with Gasteiger partial charge in [-0.2, -0.15) is 5.10 Å². The number of aromatic nitrogens is 2. The van der Waals surface area contributed by atoms with Crippen molar-refractivity contribution in [1.82, 2.24) is 15.1 Å². The van der Waals surface area contributed by atoms with Crippen LogP contribution in [-0.4, -0.2) is 36.6 Å². The summed E-state index contributed by atoms with van der Waals surface area (Å²) < 4.78 is 8.16. The zero-order chi connectivity index (χ0) is 15.2. The van der Waals surface area contributed by atoms with Gasteiger partial charge in [-0.1, -0.05) is 19.9 Å². The Bertz CT molecular complexity index is 445. The summed E-state index contributed by atoms with van der Waals surface area (Å²) in [6.45, 7) is 10.8. The van der Waals surface area contributed by atoms with E-state index in [0.29, 0.717) is 0 Å². The highest BCUT2D eigenvalue weighted by Crippen LogP contribution is 2.29. The molecular formula is C15H26BrN3O. The van der Waals surface area contributed by atoms with Crippen LogP contribution >= 0.6 is 15.9 Å². The molecule has 0 amide bonds. The normalized spacial score (nSPS) is 14.2. The largest absolute Gasteiger partial charge is 0.383 e. The predicted octanol–water partition coefficient (Wildman–Crippen LogP) is 2.72. The standard InChI is InChI=1S/C15H26BrN3O/c1-6-12-14(16)13(19(4)18-12)10-15(3,7-2)11-17-8-9-20-5/h7,17H,2,6,8-11H2,1,3-5H3. The minimum atomic E-state index is -0.00489. The van der Waals surface area contributed by atoms with Crippen molar-refractivity contribution < 1.29 is 4.74 Å². The van der Waals surface area contributed by atoms with Gasteiger partial charge in [0, 0.05) is 39.1 Å². The molecule has 0 radical (unpaired) electrons. The maximum Gasteiger partial charge on any atom is 0.0766 e. The molecule has 0 aliphatic rings. The van der Waals surface area contributed by atoms with Crippen molar-refractivity contribution >= 4 is 15.9 Å². The third kappa shape index (κ3) is 4.43. The van der Waals surface area contributed by atoms with Crippen LogP contribution in [0.2, 0.25) is 0 Å². The van der Waals surface area contributed by atoms with E-state index in [0.717, 1.165) is 42.7 Å². The molecule has 1 heterocycles. The summed E-state index contributed by atoms with van der Waals surface area (Å²) in [6, 6.07) is 0. The van der Waals surface area contributed by atoms with Crippen LogP contribution < -0.4 is 5.32 Å². The molecule has 5 heteroatoms. The fourth-order valence-corrected chi connectivity index (χ4v) is 2.91. The van der Waals surface area contributed by atoms with E-state index in [1.165, 1.54) is 5.69 Å². The molecule has 4 nitrogen and oxygen atoms in total. The smallest absolute Gasteiger partial charge is 0.0766 e. The summed E-state index contributed by atoms with van der Waals surface area (Å²) in [4.78, 5) is 0. The quantitative estimate of drug-likeness (QED) is 0.553. The van der Waals surface area contributed by atoms with E-state index < -0.39 is 0 Å². The summed E-state index contributed by atoms with van der Waals surface area (Å²) in [7, 11) is 3.72. The first-order valence-electron chi connectivity index (χ1n) is 7.01. The second-order valence-corrected chi connectivity index (χ2v) is 6.18. The molecule has 0 saturated carbocycles. The molecule has 0 bridgehead atoms. The molecule has 0 aromatic carbocycles. The van der Waals surface area contributed by atoms with E-state index in [2.05, 4.69) is 46.8 Å². The van der Waals surface area contributed by atoms with Crippen molar-refractivity contribution in [2.45, 2.75) is 26.7 Å². The lowest BCUT2D eigenvalue weighted by atomic mass is 9.85. The van der Waals surface area contributed by atoms with Gasteiger partial charge in [0.25, 0.3) is 0 Å². The van der Waals surface area contributed by atoms with Crippen molar-refractivity contribution in [1.29, 1.82) is 0 Å². The van der Waals surface area contributed by atoms with Crippen molar-refractivity contribution in [2.75, 3.05) is 26.8 Å². The third-order valence-electron chi connectivity index (χ3n) is 3.58. The molecule has 1 aromatic rings. The van der Waals surface area contributed by atoms with Gasteiger partial charge in [-0.25, -0.2) is 0 Å². The monoisotopic (exact) mass is 343 g/mol. The first-order valence-corrected chi connectivity index (χ1v) is 7.80. The van der Waals surface area contributed by atoms with Crippen molar-refractivity contribution in [3.8, 4) is 0 Å². The summed E-state index contributed by atoms with van der Waals surface area (Å²) in [5.74, 6) is 0. The predicted molar refractivity (Wildman–Crippen MR) is 87.0 cm³/mol. The molecule has 0 saturated heterocycles. The summed E-state index contributed by atoms with van der Waals surface area (Å²) in [5, 5.41) is 7.97. The lowest BCUT2D eigenvalue weighted by molar-refractivity contribution is 0.195. The van der Waals surface area contributed by atoms with E-state index in [9.17, 15) is 0 Å². The Morgan fingerprint density at radius 2 is 2.25 bits per heavy atom. The van der Waals surface area contributed by atoms with Crippen LogP contribution in [0.4, 0.5) is 0 Å². The molecule has 0 spiro atoms. The Labute approximate surface area is 130 Å². The Balaban J connectivity index is 2.76. The fourth-order valence-electron chi connectivity index (χ4n) is 2.15. The summed E-state index contributed by atoms with van der Waals surface area (Å²) in [5.41, 5.74) is 2.33. The van der Waals surface area contributed by atoms with Crippen LogP contribution in [0.5, 0.6) is 0 Å². The molecule has 1 rings (SSSR count). The second kappa shape index (κ2) is 7.96. The molecule has 1 aromatic heterocycles. The lowest BCUT2D eigenvalue weighted by Gasteiger charge is -2.26. The number of hydrogen-bond acceptors (Lipinski definition) is 3. The second-order valence-electron chi connectivity index (χ2n) is 5.39. The number of ether oxygens (including phenoxy) is 1. The van der Waals surface area contributed by atoms with E-state index in [4.69, 9.17) is 4.74 Å². The molecule has 1 unspecified atom stereocenters. The maximum atomic E-state index is 5.05. The van der Waals surface area contributed by atoms with Crippen molar-refractivity contribution in [3.63, 3.8) is 0 Å². The number of aryl methyl sites for hydroxylation is 2. The van der Waals surface area contributed by atoms with Gasteiger partial charge in [-0.3, -0.25) is 4.68 Å². The highest BCUT2D eigenvalue weighted by atomic mass is 79.9. The number of halogens is 1. The lowest BCUT2D eigenvalue weighted by Crippen LogP contribution is -2.34. The number of nitrogens with one attached hydrogen (secondary N) is 1. The third-order valence-corrected chi connectivity index (χ3v) is 4.49. The number of nitrogens with zero attached hydrogens (tertiary/aromatic N) is 2. The van der Waals surface area contributed by atoms with E-state index in [1.54, 1.807) is 7.11 Å². The van der Waals surface area contributed by atoms with Gasteiger partial charge in [0.1, 0.15) is 0 Å². The van der Waals surface area contributed by atoms with Gasteiger partial charge < -0.3 is 10.1 Å². The molecule has 0 aliphatic carbocycles. The van der Waals surface area contributed by atoms with Gasteiger partial charge in [0.15, 0.2) is 0 Å². The molecule has 0 aliphatic heterocycles. The highest BCUT2D eigenvalue weighted by molar-refractivity contribution is 9.10. The Morgan fingerprint density at radius 3 is 2.75 bits per heavy atom. The van der Waals surface area contributed by atoms with Crippen LogP contribution in [0, 0.1) is 5.41 Å². The van der Waals surface area contributed by atoms with Crippen LogP contribution in [0.3, 0.4) is 0 Å². The van der Waals surface area contributed by atoms with E-state index >= 15 is 0 Å². The Hall–Kier alpha value is -0.650. The minimum Gasteiger partial charge on any atom is -0.383 e. The van der Waals surface area contributed by atoms with Crippen LogP contribution in [0.1, 0.15) is 25.2 Å². The van der Waals surface area contributed by atoms with Crippen LogP contribution in [-0.2, 0) is 24.6 Å². The number of rotatable bonds is 9. The molecule has 20 heavy (non-hydrogen) atoms. The van der Waals surface area contributed by atoms with Crippen molar-refractivity contribution in [2.24, 2.45) is 12.5 Å². The Morgan fingerprint density at radius 1 is 1.55 bits per heavy atom. The molecule has 1 atom stereocenters. The summed E-state index contributed by atoms with van der Waals surface area (Å²) >= 11 is 3.68. The van der Waals surface area contributed by atoms with Gasteiger partial charge in [-0.05, 0) is 22.4 Å². The highest BCUT2D eigenvalue weighted by Gasteiger charge is 2.25. The maximum absolute atomic E-state index is 5.05. The molecular weight excluding hydrogens is 318 g/mol. The van der Waals surface area contributed by atoms with Gasteiger partial charge in [0.05, 0.1) is 22.5 Å². The van der Waals surface area contributed by atoms with Crippen LogP contribution in [0.15, 0.2) is 17.1 Å². The number of hydrogen-bond donors (Lipinski definition) is 1. The topological polar surface area (TPSA) is 39.1 Å². The van der Waals surface area contributed by atoms with E-state index in [1.807, 2.05) is 17.8 Å². The minimum absolute atomic E-state index is 0.00489. The van der Waals surface area contributed by atoms with Gasteiger partial charge >= 0.3 is 0 Å². The summed E-state index contributed by atoms with van der Waals surface area (Å²) in [6.07, 6.45) is 3.86. The first kappa shape index (κ1) is 17.4. The average Bonchev–Trinajstić information content (AvgIpc) is 2.71. The fraction of sp³-hybridized carbons (Fsp3) is 0.667. The van der Waals surface area contributed by atoms with Gasteiger partial charge in [-0.15, -0.1) is 6.58 Å². The van der Waals surface area contributed by atoms with Gasteiger partial charge in [0.2, 0.25) is 0 Å². The van der Waals surface area contributed by atoms with E-state index in [-0.39, 0.29) is 5.41 Å². The SMILES string of the molecule is C=CC(C)(CNCCOC)Cc1c(Br)c(CC)nn1C. The van der Waals surface area contributed by atoms with Crippen LogP contribution in [0.25, 0.3) is 0 Å². The number of methoxy groups -OCH3 is 1. The Kier molecular flexibility index (Phi) is 6.92. The first-order chi connectivity index (χ1) is 9.47. The molecule has 0 fully saturated rings.